The van der Waals surface area contributed by atoms with Crippen LogP contribution in [-0.2, 0) is 0 Å². The van der Waals surface area contributed by atoms with Crippen LogP contribution in [0.1, 0.15) is 12.0 Å². The molecule has 1 aromatic carbocycles. The zero-order valence-corrected chi connectivity index (χ0v) is 6.31. The summed E-state index contributed by atoms with van der Waals surface area (Å²) in [7, 11) is 0. The molecular formula is C9H8F3+. The first kappa shape index (κ1) is 8.97. The molecule has 0 bridgehead atoms. The first-order chi connectivity index (χ1) is 5.58. The van der Waals surface area contributed by atoms with Gasteiger partial charge in [-0.1, -0.05) is 0 Å². The molecule has 12 heavy (non-hydrogen) atoms. The zero-order valence-electron chi connectivity index (χ0n) is 6.31. The van der Waals surface area contributed by atoms with Crippen molar-refractivity contribution >= 4 is 0 Å². The molecule has 1 rings (SSSR count). The first-order valence-electron chi connectivity index (χ1n) is 3.53. The minimum absolute atomic E-state index is 0.606. The average Bonchev–Trinajstić information content (AvgIpc) is 2.02. The molecule has 3 heteroatoms. The van der Waals surface area contributed by atoms with Crippen molar-refractivity contribution in [3.8, 4) is 0 Å². The number of benzene rings is 1. The lowest BCUT2D eigenvalue weighted by atomic mass is 10.1. The van der Waals surface area contributed by atoms with E-state index >= 15 is 0 Å². The van der Waals surface area contributed by atoms with Crippen LogP contribution >= 0.6 is 0 Å². The Labute approximate surface area is 69.0 Å². The van der Waals surface area contributed by atoms with Crippen molar-refractivity contribution in [3.63, 3.8) is 0 Å². The van der Waals surface area contributed by atoms with Gasteiger partial charge in [-0.25, -0.2) is 0 Å². The number of hydrogen-bond acceptors (Lipinski definition) is 0. The molecule has 0 aliphatic carbocycles. The molecule has 0 N–H and O–H groups in total. The molecule has 0 saturated carbocycles. The van der Waals surface area contributed by atoms with Gasteiger partial charge in [-0.15, -0.1) is 0 Å². The maximum atomic E-state index is 11.7. The monoisotopic (exact) mass is 173 g/mol. The first-order valence-corrected chi connectivity index (χ1v) is 3.53. The van der Waals surface area contributed by atoms with Gasteiger partial charge in [-0.2, -0.15) is 13.2 Å². The lowest BCUT2D eigenvalue weighted by molar-refractivity contribution is -0.127. The van der Waals surface area contributed by atoms with Gasteiger partial charge in [0.25, 0.3) is 0 Å². The summed E-state index contributed by atoms with van der Waals surface area (Å²) >= 11 is 0. The maximum Gasteiger partial charge on any atom is 0.403 e. The summed E-state index contributed by atoms with van der Waals surface area (Å²) in [5, 5.41) is 0. The molecule has 64 valence electrons. The highest BCUT2D eigenvalue weighted by Crippen LogP contribution is 2.22. The fraction of sp³-hybridized carbons (Fsp3) is 0.222. The third-order valence-corrected chi connectivity index (χ3v) is 1.37. The van der Waals surface area contributed by atoms with E-state index in [0.29, 0.717) is 5.56 Å². The highest BCUT2D eigenvalue weighted by molar-refractivity contribution is 5.22. The summed E-state index contributed by atoms with van der Waals surface area (Å²) in [6.07, 6.45) is -3.80. The van der Waals surface area contributed by atoms with E-state index in [1.807, 2.05) is 0 Å². The lowest BCUT2D eigenvalue weighted by Gasteiger charge is -2.00. The minimum atomic E-state index is -4.10. The number of rotatable bonds is 2. The van der Waals surface area contributed by atoms with Crippen LogP contribution in [0, 0.1) is 6.42 Å². The summed E-state index contributed by atoms with van der Waals surface area (Å²) in [5.41, 5.74) is 0.606. The van der Waals surface area contributed by atoms with Gasteiger partial charge in [0.1, 0.15) is 12.0 Å². The maximum absolute atomic E-state index is 11.7. The van der Waals surface area contributed by atoms with Crippen molar-refractivity contribution in [2.45, 2.75) is 12.6 Å². The second-order valence-electron chi connectivity index (χ2n) is 2.43. The van der Waals surface area contributed by atoms with Crippen LogP contribution in [0.2, 0.25) is 0 Å². The molecule has 0 aromatic heterocycles. The van der Waals surface area contributed by atoms with Crippen molar-refractivity contribution in [2.75, 3.05) is 0 Å². The second kappa shape index (κ2) is 3.52. The predicted octanol–water partition coefficient (Wildman–Crippen LogP) is 3.19. The molecule has 0 amide bonds. The number of alkyl halides is 3. The number of hydrogen-bond donors (Lipinski definition) is 0. The van der Waals surface area contributed by atoms with Crippen LogP contribution in [-0.4, -0.2) is 6.18 Å². The quantitative estimate of drug-likeness (QED) is 0.602. The molecule has 0 fully saturated rings. The third kappa shape index (κ3) is 3.32. The molecule has 0 aliphatic heterocycles. The molecule has 0 atom stereocenters. The standard InChI is InChI=1S/C9H8F3/c10-9(11,12)7-6-8-4-2-1-3-5-8/h1-6H,7H2/q+1. The van der Waals surface area contributed by atoms with Gasteiger partial charge in [-0.3, -0.25) is 0 Å². The van der Waals surface area contributed by atoms with Crippen LogP contribution in [0.25, 0.3) is 0 Å². The summed E-state index contributed by atoms with van der Waals surface area (Å²) < 4.78 is 35.1. The van der Waals surface area contributed by atoms with Crippen LogP contribution in [0.3, 0.4) is 0 Å². The minimum Gasteiger partial charge on any atom is -0.169 e. The van der Waals surface area contributed by atoms with Crippen LogP contribution in [0.15, 0.2) is 30.3 Å². The Morgan fingerprint density at radius 2 is 1.67 bits per heavy atom. The Bertz CT molecular complexity index is 225. The van der Waals surface area contributed by atoms with E-state index in [9.17, 15) is 13.2 Å². The van der Waals surface area contributed by atoms with E-state index in [2.05, 4.69) is 0 Å². The number of halogens is 3. The van der Waals surface area contributed by atoms with Crippen molar-refractivity contribution in [2.24, 2.45) is 0 Å². The zero-order chi connectivity index (χ0) is 9.03. The topological polar surface area (TPSA) is 0 Å². The summed E-state index contributed by atoms with van der Waals surface area (Å²) in [4.78, 5) is 0. The van der Waals surface area contributed by atoms with Gasteiger partial charge in [0.05, 0.1) is 0 Å². The highest BCUT2D eigenvalue weighted by Gasteiger charge is 2.29. The van der Waals surface area contributed by atoms with E-state index in [0.717, 1.165) is 0 Å². The smallest absolute Gasteiger partial charge is 0.169 e. The van der Waals surface area contributed by atoms with E-state index in [1.54, 1.807) is 30.3 Å². The molecule has 0 aliphatic rings. The van der Waals surface area contributed by atoms with Gasteiger partial charge in [0.15, 0.2) is 0 Å². The van der Waals surface area contributed by atoms with Gasteiger partial charge in [0.2, 0.25) is 0 Å². The molecule has 0 unspecified atom stereocenters. The van der Waals surface area contributed by atoms with Gasteiger partial charge in [-0.05, 0) is 18.2 Å². The van der Waals surface area contributed by atoms with Crippen molar-refractivity contribution in [3.05, 3.63) is 42.3 Å². The fourth-order valence-electron chi connectivity index (χ4n) is 0.823. The van der Waals surface area contributed by atoms with Gasteiger partial charge in [0, 0.05) is 18.6 Å². The fourth-order valence-corrected chi connectivity index (χ4v) is 0.823. The second-order valence-corrected chi connectivity index (χ2v) is 2.43. The van der Waals surface area contributed by atoms with Crippen LogP contribution in [0.4, 0.5) is 13.2 Å². The molecular weight excluding hydrogens is 165 g/mol. The van der Waals surface area contributed by atoms with E-state index < -0.39 is 12.6 Å². The van der Waals surface area contributed by atoms with Gasteiger partial charge < -0.3 is 0 Å². The van der Waals surface area contributed by atoms with E-state index in [1.165, 1.54) is 6.42 Å². The molecule has 0 heterocycles. The third-order valence-electron chi connectivity index (χ3n) is 1.37. The summed E-state index contributed by atoms with van der Waals surface area (Å²) in [6, 6.07) is 8.48. The Hall–Kier alpha value is -1.12. The molecule has 0 radical (unpaired) electrons. The Morgan fingerprint density at radius 1 is 1.08 bits per heavy atom. The SMILES string of the molecule is FC(F)(F)C[CH+]c1ccccc1. The lowest BCUT2D eigenvalue weighted by Crippen LogP contribution is -2.06. The van der Waals surface area contributed by atoms with Crippen molar-refractivity contribution in [1.82, 2.24) is 0 Å². The molecule has 0 saturated heterocycles. The molecule has 1 aromatic rings. The largest absolute Gasteiger partial charge is 0.403 e. The highest BCUT2D eigenvalue weighted by atomic mass is 19.4. The molecule has 0 nitrogen and oxygen atoms in total. The molecule has 0 spiro atoms. The Balaban J connectivity index is 2.44. The van der Waals surface area contributed by atoms with Crippen molar-refractivity contribution < 1.29 is 13.2 Å². The Kier molecular flexibility index (Phi) is 2.63. The van der Waals surface area contributed by atoms with E-state index in [-0.39, 0.29) is 0 Å². The van der Waals surface area contributed by atoms with Crippen molar-refractivity contribution in [1.29, 1.82) is 0 Å². The van der Waals surface area contributed by atoms with Crippen LogP contribution in [0.5, 0.6) is 0 Å². The summed E-state index contributed by atoms with van der Waals surface area (Å²) in [5.74, 6) is 0. The predicted molar refractivity (Wildman–Crippen MR) is 40.5 cm³/mol. The van der Waals surface area contributed by atoms with Gasteiger partial charge >= 0.3 is 6.18 Å². The normalized spacial score (nSPS) is 11.2. The average molecular weight is 173 g/mol. The van der Waals surface area contributed by atoms with Crippen LogP contribution < -0.4 is 0 Å². The Morgan fingerprint density at radius 3 is 2.17 bits per heavy atom. The summed E-state index contributed by atoms with van der Waals surface area (Å²) in [6.45, 7) is 0. The van der Waals surface area contributed by atoms with E-state index in [4.69, 9.17) is 0 Å².